The third-order valence-electron chi connectivity index (χ3n) is 6.80. The van der Waals surface area contributed by atoms with Gasteiger partial charge in [0.05, 0.1) is 33.9 Å². The Morgan fingerprint density at radius 2 is 1.85 bits per heavy atom. The van der Waals surface area contributed by atoms with Crippen LogP contribution >= 0.6 is 22.9 Å². The molecule has 4 aromatic rings. The fourth-order valence-corrected chi connectivity index (χ4v) is 5.96. The van der Waals surface area contributed by atoms with Crippen LogP contribution in [0.15, 0.2) is 81.7 Å². The Hall–Kier alpha value is -4.54. The lowest BCUT2D eigenvalue weighted by Crippen LogP contribution is -2.40. The molecule has 11 heteroatoms. The minimum Gasteiger partial charge on any atom is -0.497 e. The van der Waals surface area contributed by atoms with E-state index in [4.69, 9.17) is 16.3 Å². The van der Waals surface area contributed by atoms with Crippen LogP contribution in [0, 0.1) is 24.0 Å². The van der Waals surface area contributed by atoms with Crippen LogP contribution in [0.1, 0.15) is 35.2 Å². The number of nitrogens with zero attached hydrogens (tertiary/aromatic N) is 3. The molecule has 0 saturated carbocycles. The Bertz CT molecular complexity index is 1930. The van der Waals surface area contributed by atoms with E-state index < -0.39 is 16.5 Å². The van der Waals surface area contributed by atoms with Crippen LogP contribution < -0.4 is 24.9 Å². The highest BCUT2D eigenvalue weighted by Crippen LogP contribution is 2.32. The number of aryl methyl sites for hydroxylation is 2. The average molecular weight is 589 g/mol. The number of nitro groups is 1. The molecule has 0 fully saturated rings. The van der Waals surface area contributed by atoms with Crippen LogP contribution in [0.4, 0.5) is 11.4 Å². The molecule has 9 nitrogen and oxygen atoms in total. The van der Waals surface area contributed by atoms with Gasteiger partial charge >= 0.3 is 0 Å². The summed E-state index contributed by atoms with van der Waals surface area (Å²) in [6.45, 7) is 5.63. The van der Waals surface area contributed by atoms with E-state index in [9.17, 15) is 19.7 Å². The van der Waals surface area contributed by atoms with Crippen LogP contribution in [-0.4, -0.2) is 22.5 Å². The number of rotatable bonds is 6. The molecule has 0 bridgehead atoms. The van der Waals surface area contributed by atoms with Crippen LogP contribution in [-0.2, 0) is 4.79 Å². The zero-order valence-electron chi connectivity index (χ0n) is 22.6. The van der Waals surface area contributed by atoms with Crippen LogP contribution in [0.5, 0.6) is 5.75 Å². The molecule has 3 aromatic carbocycles. The molecule has 1 atom stereocenters. The smallest absolute Gasteiger partial charge is 0.271 e. The molecule has 1 aromatic heterocycles. The van der Waals surface area contributed by atoms with E-state index in [0.717, 1.165) is 22.5 Å². The standard InChI is InChI=1S/C30H25ClN4O5S/c1-16-5-12-24(17(2)13-16)33-28(36)26-18(3)32-30-34(27(26)19-6-9-22(40-4)10-7-19)29(37)25(41-30)15-20-14-21(35(38)39)8-11-23(20)31/h5-15,27H,1-4H3,(H,33,36)/b25-15+/t27-/m0/s1. The van der Waals surface area contributed by atoms with E-state index in [0.29, 0.717) is 38.6 Å². The van der Waals surface area contributed by atoms with Crippen molar-refractivity contribution in [2.45, 2.75) is 26.8 Å². The van der Waals surface area contributed by atoms with Gasteiger partial charge in [-0.05, 0) is 62.2 Å². The van der Waals surface area contributed by atoms with Crippen molar-refractivity contribution in [3.05, 3.63) is 129 Å². The van der Waals surface area contributed by atoms with Gasteiger partial charge in [-0.1, -0.05) is 52.8 Å². The molecule has 5 rings (SSSR count). The van der Waals surface area contributed by atoms with E-state index in [1.54, 1.807) is 38.3 Å². The summed E-state index contributed by atoms with van der Waals surface area (Å²) in [5.74, 6) is 0.249. The molecular formula is C30H25ClN4O5S. The van der Waals surface area contributed by atoms with Gasteiger partial charge < -0.3 is 10.1 Å². The van der Waals surface area contributed by atoms with Gasteiger partial charge in [-0.2, -0.15) is 0 Å². The number of fused-ring (bicyclic) bond motifs is 1. The lowest BCUT2D eigenvalue weighted by atomic mass is 9.95. The van der Waals surface area contributed by atoms with Crippen molar-refractivity contribution in [3.8, 4) is 5.75 Å². The van der Waals surface area contributed by atoms with Crippen molar-refractivity contribution in [3.63, 3.8) is 0 Å². The van der Waals surface area contributed by atoms with E-state index >= 15 is 0 Å². The fraction of sp³-hybridized carbons (Fsp3) is 0.167. The Morgan fingerprint density at radius 3 is 2.51 bits per heavy atom. The largest absolute Gasteiger partial charge is 0.497 e. The number of thiazole rings is 1. The first-order valence-electron chi connectivity index (χ1n) is 12.6. The number of hydrogen-bond donors (Lipinski definition) is 1. The first kappa shape index (κ1) is 28.0. The third kappa shape index (κ3) is 5.44. The number of methoxy groups -OCH3 is 1. The molecule has 0 radical (unpaired) electrons. The number of non-ortho nitro benzene ring substituents is 1. The summed E-state index contributed by atoms with van der Waals surface area (Å²) in [4.78, 5) is 43.6. The normalized spacial score (nSPS) is 14.9. The first-order valence-corrected chi connectivity index (χ1v) is 13.8. The summed E-state index contributed by atoms with van der Waals surface area (Å²) in [7, 11) is 1.56. The summed E-state index contributed by atoms with van der Waals surface area (Å²) in [6.07, 6.45) is 1.51. The Labute approximate surface area is 243 Å². The summed E-state index contributed by atoms with van der Waals surface area (Å²) in [5, 5.41) is 14.6. The maximum absolute atomic E-state index is 13.9. The first-order chi connectivity index (χ1) is 19.6. The van der Waals surface area contributed by atoms with Gasteiger partial charge in [-0.25, -0.2) is 4.99 Å². The van der Waals surface area contributed by atoms with Crippen molar-refractivity contribution in [1.29, 1.82) is 0 Å². The minimum absolute atomic E-state index is 0.147. The van der Waals surface area contributed by atoms with Gasteiger partial charge in [0, 0.05) is 28.4 Å². The third-order valence-corrected chi connectivity index (χ3v) is 8.13. The number of benzene rings is 3. The van der Waals surface area contributed by atoms with Crippen molar-refractivity contribution < 1.29 is 14.5 Å². The number of nitrogens with one attached hydrogen (secondary N) is 1. The number of ether oxygens (including phenoxy) is 1. The molecule has 1 amide bonds. The summed E-state index contributed by atoms with van der Waals surface area (Å²) in [6, 6.07) is 16.1. The summed E-state index contributed by atoms with van der Waals surface area (Å²) in [5.41, 5.74) is 3.89. The Morgan fingerprint density at radius 1 is 1.12 bits per heavy atom. The molecule has 0 aliphatic carbocycles. The van der Waals surface area contributed by atoms with Gasteiger partial charge in [0.2, 0.25) is 0 Å². The minimum atomic E-state index is -0.786. The highest BCUT2D eigenvalue weighted by molar-refractivity contribution is 7.07. The predicted octanol–water partition coefficient (Wildman–Crippen LogP) is 5.06. The van der Waals surface area contributed by atoms with Crippen molar-refractivity contribution >= 4 is 46.3 Å². The van der Waals surface area contributed by atoms with E-state index in [1.165, 1.54) is 28.8 Å². The topological polar surface area (TPSA) is 116 Å². The Balaban J connectivity index is 1.68. The molecule has 1 N–H and O–H groups in total. The number of allylic oxidation sites excluding steroid dienone is 1. The maximum atomic E-state index is 13.9. The molecule has 0 unspecified atom stereocenters. The second-order valence-corrected chi connectivity index (χ2v) is 11.0. The zero-order chi connectivity index (χ0) is 29.4. The van der Waals surface area contributed by atoms with Gasteiger partial charge in [0.15, 0.2) is 4.80 Å². The van der Waals surface area contributed by atoms with Gasteiger partial charge in [0.1, 0.15) is 5.75 Å². The highest BCUT2D eigenvalue weighted by atomic mass is 35.5. The van der Waals surface area contributed by atoms with Crippen molar-refractivity contribution in [2.24, 2.45) is 4.99 Å². The lowest BCUT2D eigenvalue weighted by Gasteiger charge is -2.25. The Kier molecular flexibility index (Phi) is 7.61. The number of carbonyl (C=O) groups excluding carboxylic acids is 1. The number of amides is 1. The second-order valence-electron chi connectivity index (χ2n) is 9.59. The summed E-state index contributed by atoms with van der Waals surface area (Å²) < 4.78 is 7.06. The fourth-order valence-electron chi connectivity index (χ4n) is 4.75. The predicted molar refractivity (Wildman–Crippen MR) is 159 cm³/mol. The zero-order valence-corrected chi connectivity index (χ0v) is 24.2. The maximum Gasteiger partial charge on any atom is 0.271 e. The molecule has 208 valence electrons. The SMILES string of the molecule is COc1ccc([C@H]2C(C(=O)Nc3ccc(C)cc3C)=C(C)N=c3s/c(=C/c4cc([N+](=O)[O-])ccc4Cl)c(=O)n32)cc1. The lowest BCUT2D eigenvalue weighted by molar-refractivity contribution is -0.384. The molecular weight excluding hydrogens is 564 g/mol. The number of aromatic nitrogens is 1. The van der Waals surface area contributed by atoms with Crippen LogP contribution in [0.2, 0.25) is 5.02 Å². The number of halogens is 1. The van der Waals surface area contributed by atoms with Crippen molar-refractivity contribution in [1.82, 2.24) is 4.57 Å². The highest BCUT2D eigenvalue weighted by Gasteiger charge is 2.32. The van der Waals surface area contributed by atoms with Gasteiger partial charge in [0.25, 0.3) is 17.2 Å². The molecule has 0 spiro atoms. The van der Waals surface area contributed by atoms with Crippen LogP contribution in [0.25, 0.3) is 6.08 Å². The van der Waals surface area contributed by atoms with E-state index in [1.807, 2.05) is 32.0 Å². The molecule has 1 aliphatic heterocycles. The van der Waals surface area contributed by atoms with Crippen LogP contribution in [0.3, 0.4) is 0 Å². The van der Waals surface area contributed by atoms with E-state index in [2.05, 4.69) is 10.3 Å². The van der Waals surface area contributed by atoms with Crippen molar-refractivity contribution in [2.75, 3.05) is 12.4 Å². The number of hydrogen-bond acceptors (Lipinski definition) is 7. The molecule has 41 heavy (non-hydrogen) atoms. The number of anilines is 1. The van der Waals surface area contributed by atoms with E-state index in [-0.39, 0.29) is 21.1 Å². The molecule has 0 saturated heterocycles. The number of carbonyl (C=O) groups is 1. The average Bonchev–Trinajstić information content (AvgIpc) is 3.24. The van der Waals surface area contributed by atoms with Gasteiger partial charge in [-0.3, -0.25) is 24.3 Å². The second kappa shape index (κ2) is 11.1. The molecule has 1 aliphatic rings. The molecule has 2 heterocycles. The quantitative estimate of drug-likeness (QED) is 0.250. The monoisotopic (exact) mass is 588 g/mol. The number of nitro benzene ring substituents is 1. The summed E-state index contributed by atoms with van der Waals surface area (Å²) >= 11 is 7.44. The van der Waals surface area contributed by atoms with Gasteiger partial charge in [-0.15, -0.1) is 0 Å².